The maximum absolute atomic E-state index is 13.4. The zero-order chi connectivity index (χ0) is 34.1. The van der Waals surface area contributed by atoms with Gasteiger partial charge >= 0.3 is 0 Å². The summed E-state index contributed by atoms with van der Waals surface area (Å²) in [6.45, 7) is 12.0. The average Bonchev–Trinajstić information content (AvgIpc) is 3.70. The zero-order valence-corrected chi connectivity index (χ0v) is 27.7. The van der Waals surface area contributed by atoms with Crippen LogP contribution in [0.3, 0.4) is 0 Å². The predicted octanol–water partition coefficient (Wildman–Crippen LogP) is 5.43. The molecule has 5 rings (SSSR count). The molecule has 4 amide bonds. The quantitative estimate of drug-likeness (QED) is 0.163. The first-order valence-corrected chi connectivity index (χ1v) is 16.0. The smallest absolute Gasteiger partial charge is 0.271 e. The highest BCUT2D eigenvalue weighted by molar-refractivity contribution is 6.10. The van der Waals surface area contributed by atoms with Gasteiger partial charge < -0.3 is 10.6 Å². The molecule has 1 unspecified atom stereocenters. The van der Waals surface area contributed by atoms with Crippen LogP contribution in [0.15, 0.2) is 65.3 Å². The number of rotatable bonds is 11. The van der Waals surface area contributed by atoms with E-state index in [1.807, 2.05) is 55.5 Å². The van der Waals surface area contributed by atoms with Crippen LogP contribution in [0.4, 0.5) is 0 Å². The van der Waals surface area contributed by atoms with Crippen molar-refractivity contribution in [3.8, 4) is 22.4 Å². The van der Waals surface area contributed by atoms with Crippen molar-refractivity contribution in [2.45, 2.75) is 72.3 Å². The van der Waals surface area contributed by atoms with Crippen LogP contribution in [0.25, 0.3) is 33.4 Å². The highest BCUT2D eigenvalue weighted by Crippen LogP contribution is 2.35. The Morgan fingerprint density at radius 3 is 2.09 bits per heavy atom. The first-order valence-electron chi connectivity index (χ1n) is 16.0. The molecule has 1 aliphatic rings. The lowest BCUT2D eigenvalue weighted by atomic mass is 9.97. The maximum atomic E-state index is 13.4. The number of aryl methyl sites for hydroxylation is 2. The minimum atomic E-state index is -0.743. The molecular weight excluding hydrogens is 596 g/mol. The highest BCUT2D eigenvalue weighted by atomic mass is 16.6. The van der Waals surface area contributed by atoms with Crippen LogP contribution >= 0.6 is 0 Å². The molecule has 11 nitrogen and oxygen atoms in total. The van der Waals surface area contributed by atoms with E-state index in [4.69, 9.17) is 9.61 Å². The Labute approximate surface area is 274 Å². The summed E-state index contributed by atoms with van der Waals surface area (Å²) in [4.78, 5) is 53.8. The molecule has 1 aliphatic heterocycles. The molecule has 1 atom stereocenters. The summed E-state index contributed by atoms with van der Waals surface area (Å²) in [5, 5.41) is 13.6. The van der Waals surface area contributed by atoms with E-state index in [9.17, 15) is 19.2 Å². The minimum absolute atomic E-state index is 0.0606. The molecule has 3 heterocycles. The minimum Gasteiger partial charge on any atom is -0.357 e. The van der Waals surface area contributed by atoms with Gasteiger partial charge in [-0.05, 0) is 53.2 Å². The van der Waals surface area contributed by atoms with Crippen LogP contribution in [0, 0.1) is 0 Å². The summed E-state index contributed by atoms with van der Waals surface area (Å²) >= 11 is 0. The van der Waals surface area contributed by atoms with Crippen LogP contribution in [-0.2, 0) is 27.2 Å². The van der Waals surface area contributed by atoms with Gasteiger partial charge in [0.25, 0.3) is 5.91 Å². The fourth-order valence-corrected chi connectivity index (χ4v) is 5.19. The van der Waals surface area contributed by atoms with Crippen molar-refractivity contribution >= 4 is 34.7 Å². The number of nitrogens with one attached hydrogen (secondary N) is 2. The summed E-state index contributed by atoms with van der Waals surface area (Å²) in [6, 6.07) is 15.2. The summed E-state index contributed by atoms with van der Waals surface area (Å²) in [7, 11) is 1.53. The molecule has 2 aromatic heterocycles. The van der Waals surface area contributed by atoms with E-state index in [1.54, 1.807) is 6.92 Å². The largest absolute Gasteiger partial charge is 0.357 e. The van der Waals surface area contributed by atoms with E-state index in [-0.39, 0.29) is 23.4 Å². The highest BCUT2D eigenvalue weighted by Gasteiger charge is 2.29. The van der Waals surface area contributed by atoms with Gasteiger partial charge in [-0.1, -0.05) is 87.9 Å². The molecule has 2 N–H and O–H groups in total. The molecule has 1 saturated heterocycles. The molecule has 11 heteroatoms. The van der Waals surface area contributed by atoms with Crippen LogP contribution in [0.1, 0.15) is 75.0 Å². The lowest BCUT2D eigenvalue weighted by Gasteiger charge is -2.16. The van der Waals surface area contributed by atoms with Gasteiger partial charge in [0.1, 0.15) is 22.9 Å². The van der Waals surface area contributed by atoms with E-state index < -0.39 is 11.9 Å². The van der Waals surface area contributed by atoms with Crippen molar-refractivity contribution in [1.29, 1.82) is 0 Å². The number of carbonyl (C=O) groups is 4. The third-order valence-electron chi connectivity index (χ3n) is 8.07. The molecule has 4 aromatic rings. The predicted molar refractivity (Wildman–Crippen MR) is 180 cm³/mol. The van der Waals surface area contributed by atoms with Gasteiger partial charge in [-0.25, -0.2) is 9.61 Å². The van der Waals surface area contributed by atoms with Gasteiger partial charge in [-0.2, -0.15) is 0 Å². The second-order valence-electron chi connectivity index (χ2n) is 11.4. The van der Waals surface area contributed by atoms with Crippen molar-refractivity contribution < 1.29 is 23.8 Å². The normalized spacial score (nSPS) is 13.3. The first-order chi connectivity index (χ1) is 22.6. The van der Waals surface area contributed by atoms with Crippen LogP contribution in [0.5, 0.6) is 0 Å². The van der Waals surface area contributed by atoms with E-state index >= 15 is 0 Å². The van der Waals surface area contributed by atoms with E-state index in [2.05, 4.69) is 41.4 Å². The fraction of sp³-hybridized carbons (Fsp3) is 0.361. The van der Waals surface area contributed by atoms with E-state index in [1.165, 1.54) is 23.1 Å². The zero-order valence-electron chi connectivity index (χ0n) is 27.7. The number of pyridine rings is 1. The van der Waals surface area contributed by atoms with Crippen molar-refractivity contribution in [3.63, 3.8) is 0 Å². The maximum Gasteiger partial charge on any atom is 0.271 e. The fourth-order valence-electron chi connectivity index (χ4n) is 5.19. The molecule has 0 radical (unpaired) electrons. The van der Waals surface area contributed by atoms with Gasteiger partial charge in [0.2, 0.25) is 17.7 Å². The first kappa shape index (κ1) is 34.7. The Hall–Kier alpha value is -5.19. The molecule has 0 bridgehead atoms. The Balaban J connectivity index is 0.000000351. The van der Waals surface area contributed by atoms with Crippen molar-refractivity contribution in [1.82, 2.24) is 30.8 Å². The molecule has 246 valence electrons. The Morgan fingerprint density at radius 1 is 0.915 bits per heavy atom. The number of hydrogen-bond acceptors (Lipinski definition) is 8. The molecular formula is C36H42N6O5. The molecule has 2 aromatic carbocycles. The standard InChI is InChI=1S/C27H29N5O3.C9H13NO2/c1-5-7-18-10-14-20(15-11-18)22-25-23(31-35-32-25)21(19-12-8-17(6-2)9-13-19)24(30-22)27(34)29-16(3)26(33)28-4;1-3-7(2)6-10-8(11)4-5-9(10)12/h8-16H,5-7H2,1-4H3,(H,28,33)(H,29,34);2-6H2,1H3. The van der Waals surface area contributed by atoms with Crippen LogP contribution in [0.2, 0.25) is 0 Å². The van der Waals surface area contributed by atoms with Gasteiger partial charge in [0.05, 0.1) is 0 Å². The summed E-state index contributed by atoms with van der Waals surface area (Å²) in [5.41, 5.74) is 6.94. The number of imide groups is 1. The van der Waals surface area contributed by atoms with E-state index in [0.29, 0.717) is 41.7 Å². The van der Waals surface area contributed by atoms with Crippen LogP contribution < -0.4 is 10.6 Å². The second-order valence-corrected chi connectivity index (χ2v) is 11.4. The molecule has 1 fully saturated rings. The number of nitrogens with zero attached hydrogens (tertiary/aromatic N) is 4. The third-order valence-corrected chi connectivity index (χ3v) is 8.07. The Bertz CT molecular complexity index is 1750. The summed E-state index contributed by atoms with van der Waals surface area (Å²) in [6.07, 6.45) is 4.48. The van der Waals surface area contributed by atoms with E-state index in [0.717, 1.165) is 42.4 Å². The van der Waals surface area contributed by atoms with Crippen molar-refractivity contribution in [3.05, 3.63) is 77.5 Å². The van der Waals surface area contributed by atoms with Crippen molar-refractivity contribution in [2.75, 3.05) is 13.6 Å². The average molecular weight is 639 g/mol. The SMILES string of the molecule is C=C(CC)CN1C(=O)CCC1=O.CCCc1ccc(-c2nc(C(=O)NC(C)C(=O)NC)c(-c3ccc(CC)cc3)c3nonc23)cc1. The molecule has 47 heavy (non-hydrogen) atoms. The summed E-state index contributed by atoms with van der Waals surface area (Å²) < 4.78 is 5.13. The molecule has 0 spiro atoms. The number of likely N-dealkylation sites (tertiary alicyclic amines) is 1. The Kier molecular flexibility index (Phi) is 11.7. The lowest BCUT2D eigenvalue weighted by Crippen LogP contribution is -2.44. The van der Waals surface area contributed by atoms with Gasteiger partial charge in [-0.15, -0.1) is 0 Å². The second kappa shape index (κ2) is 15.9. The number of fused-ring (bicyclic) bond motifs is 1. The van der Waals surface area contributed by atoms with Gasteiger partial charge in [0.15, 0.2) is 5.52 Å². The summed E-state index contributed by atoms with van der Waals surface area (Å²) in [5.74, 6) is -0.906. The number of benzene rings is 2. The number of hydrogen-bond donors (Lipinski definition) is 2. The topological polar surface area (TPSA) is 147 Å². The number of aromatic nitrogens is 3. The third kappa shape index (κ3) is 8.16. The monoisotopic (exact) mass is 638 g/mol. The lowest BCUT2D eigenvalue weighted by molar-refractivity contribution is -0.137. The molecule has 0 saturated carbocycles. The molecule has 0 aliphatic carbocycles. The number of carbonyl (C=O) groups excluding carboxylic acids is 4. The van der Waals surface area contributed by atoms with Gasteiger partial charge in [-0.3, -0.25) is 24.1 Å². The van der Waals surface area contributed by atoms with Crippen molar-refractivity contribution in [2.24, 2.45) is 0 Å². The number of likely N-dealkylation sites (N-methyl/N-ethyl adjacent to an activating group) is 1. The van der Waals surface area contributed by atoms with Gasteiger partial charge in [0, 0.05) is 37.6 Å². The Morgan fingerprint density at radius 2 is 1.51 bits per heavy atom. The number of amides is 4. The van der Waals surface area contributed by atoms with Crippen LogP contribution in [-0.4, -0.2) is 63.5 Å².